The van der Waals surface area contributed by atoms with E-state index in [4.69, 9.17) is 18.9 Å². The second kappa shape index (κ2) is 9.74. The number of rotatable bonds is 7. The first-order valence-electron chi connectivity index (χ1n) is 9.73. The summed E-state index contributed by atoms with van der Waals surface area (Å²) in [5, 5.41) is 0. The van der Waals surface area contributed by atoms with Crippen LogP contribution in [0.2, 0.25) is 0 Å². The molecule has 0 aliphatic carbocycles. The van der Waals surface area contributed by atoms with Crippen molar-refractivity contribution in [1.29, 1.82) is 0 Å². The highest BCUT2D eigenvalue weighted by molar-refractivity contribution is 9.10. The fraction of sp³-hybridized carbons (Fsp3) is 0.435. The zero-order chi connectivity index (χ0) is 20.9. The molecule has 0 bridgehead atoms. The van der Waals surface area contributed by atoms with Gasteiger partial charge < -0.3 is 18.9 Å². The van der Waals surface area contributed by atoms with Gasteiger partial charge in [0.05, 0.1) is 32.5 Å². The summed E-state index contributed by atoms with van der Waals surface area (Å²) in [6.07, 6.45) is 1.59. The Balaban J connectivity index is 1.62. The van der Waals surface area contributed by atoms with Gasteiger partial charge in [-0.2, -0.15) is 0 Å². The second-order valence-corrected chi connectivity index (χ2v) is 8.52. The molecule has 0 spiro atoms. The summed E-state index contributed by atoms with van der Waals surface area (Å²) in [7, 11) is 1.39. The van der Waals surface area contributed by atoms with E-state index in [1.165, 1.54) is 7.11 Å². The largest absolute Gasteiger partial charge is 0.488 e. The van der Waals surface area contributed by atoms with E-state index in [0.717, 1.165) is 34.2 Å². The van der Waals surface area contributed by atoms with E-state index < -0.39 is 0 Å². The number of carbonyl (C=O) groups is 1. The maximum Gasteiger partial charge on any atom is 0.337 e. The molecule has 3 rings (SSSR count). The van der Waals surface area contributed by atoms with E-state index in [1.807, 2.05) is 30.3 Å². The highest BCUT2D eigenvalue weighted by atomic mass is 79.9. The first-order valence-corrected chi connectivity index (χ1v) is 10.5. The molecule has 0 amide bonds. The number of hydrogen-bond donors (Lipinski definition) is 0. The molecule has 1 atom stereocenters. The summed E-state index contributed by atoms with van der Waals surface area (Å²) in [5.74, 6) is 0.488. The molecular weight excluding hydrogens is 436 g/mol. The Kier molecular flexibility index (Phi) is 7.33. The number of methoxy groups -OCH3 is 1. The van der Waals surface area contributed by atoms with Gasteiger partial charge in [0.15, 0.2) is 0 Å². The molecule has 5 nitrogen and oxygen atoms in total. The van der Waals surface area contributed by atoms with Gasteiger partial charge in [0.1, 0.15) is 17.5 Å². The average molecular weight is 463 g/mol. The van der Waals surface area contributed by atoms with Gasteiger partial charge in [0.25, 0.3) is 0 Å². The molecule has 1 saturated heterocycles. The summed E-state index contributed by atoms with van der Waals surface area (Å²) in [5.41, 5.74) is 2.40. The number of carbonyl (C=O) groups excluding carboxylic acids is 1. The summed E-state index contributed by atoms with van der Waals surface area (Å²) in [6.45, 7) is 5.95. The van der Waals surface area contributed by atoms with E-state index >= 15 is 0 Å². The summed E-state index contributed by atoms with van der Waals surface area (Å²) in [4.78, 5) is 11.5. The van der Waals surface area contributed by atoms with Gasteiger partial charge >= 0.3 is 5.97 Å². The molecule has 0 N–H and O–H groups in total. The number of hydrogen-bond acceptors (Lipinski definition) is 5. The predicted octanol–water partition coefficient (Wildman–Crippen LogP) is 5.11. The fourth-order valence-electron chi connectivity index (χ4n) is 3.24. The van der Waals surface area contributed by atoms with Gasteiger partial charge in [-0.15, -0.1) is 0 Å². The number of halogens is 1. The summed E-state index contributed by atoms with van der Waals surface area (Å²) in [6, 6.07) is 13.5. The van der Waals surface area contributed by atoms with Crippen LogP contribution in [-0.2, 0) is 20.6 Å². The van der Waals surface area contributed by atoms with E-state index in [0.29, 0.717) is 25.4 Å². The monoisotopic (exact) mass is 462 g/mol. The van der Waals surface area contributed by atoms with Gasteiger partial charge in [-0.3, -0.25) is 0 Å². The average Bonchev–Trinajstić information content (AvgIpc) is 2.74. The molecule has 6 heteroatoms. The first-order chi connectivity index (χ1) is 13.9. The molecule has 29 heavy (non-hydrogen) atoms. The molecule has 156 valence electrons. The lowest BCUT2D eigenvalue weighted by molar-refractivity contribution is -0.0905. The third-order valence-corrected chi connectivity index (χ3v) is 5.64. The van der Waals surface area contributed by atoms with Gasteiger partial charge in [-0.25, -0.2) is 4.79 Å². The van der Waals surface area contributed by atoms with Crippen molar-refractivity contribution in [2.24, 2.45) is 0 Å². The van der Waals surface area contributed by atoms with E-state index in [9.17, 15) is 4.79 Å². The van der Waals surface area contributed by atoms with Crippen molar-refractivity contribution >= 4 is 21.9 Å². The Morgan fingerprint density at radius 1 is 1.17 bits per heavy atom. The predicted molar refractivity (Wildman–Crippen MR) is 114 cm³/mol. The van der Waals surface area contributed by atoms with E-state index in [2.05, 4.69) is 29.8 Å². The van der Waals surface area contributed by atoms with Gasteiger partial charge in [0.2, 0.25) is 0 Å². The maximum atomic E-state index is 11.5. The minimum Gasteiger partial charge on any atom is -0.488 e. The zero-order valence-electron chi connectivity index (χ0n) is 17.1. The summed E-state index contributed by atoms with van der Waals surface area (Å²) < 4.78 is 23.4. The number of esters is 1. The Hall–Kier alpha value is -1.89. The highest BCUT2D eigenvalue weighted by Crippen LogP contribution is 2.33. The molecule has 1 heterocycles. The minimum atomic E-state index is -0.351. The van der Waals surface area contributed by atoms with Crippen LogP contribution >= 0.6 is 15.9 Å². The standard InChI is InChI=1S/C23H27BrO5/c1-23(2,11-10-16-4-6-17(7-5-16)22(25)26-3)29-18-8-9-20(24)19(14-18)21-15-27-12-13-28-21/h4-9,14,21H,10-13,15H2,1-3H3. The highest BCUT2D eigenvalue weighted by Gasteiger charge is 2.23. The normalized spacial score (nSPS) is 17.0. The third kappa shape index (κ3) is 6.04. The minimum absolute atomic E-state index is 0.0851. The molecule has 1 unspecified atom stereocenters. The van der Waals surface area contributed by atoms with Crippen molar-refractivity contribution in [2.45, 2.75) is 38.4 Å². The SMILES string of the molecule is COC(=O)c1ccc(CCC(C)(C)Oc2ccc(Br)c(C3COCCO3)c2)cc1. The maximum absolute atomic E-state index is 11.5. The first kappa shape index (κ1) is 21.8. The smallest absolute Gasteiger partial charge is 0.337 e. The Bertz CT molecular complexity index is 826. The van der Waals surface area contributed by atoms with Crippen LogP contribution < -0.4 is 4.74 Å². The second-order valence-electron chi connectivity index (χ2n) is 7.67. The Morgan fingerprint density at radius 2 is 1.93 bits per heavy atom. The molecule has 1 aliphatic heterocycles. The number of benzene rings is 2. The molecule has 2 aromatic rings. The van der Waals surface area contributed by atoms with Crippen molar-refractivity contribution in [3.05, 3.63) is 63.6 Å². The molecule has 1 fully saturated rings. The molecular formula is C23H27BrO5. The number of aryl methyl sites for hydroxylation is 1. The summed E-state index contributed by atoms with van der Waals surface area (Å²) >= 11 is 3.60. The van der Waals surface area contributed by atoms with Crippen LogP contribution in [0, 0.1) is 0 Å². The lowest BCUT2D eigenvalue weighted by Gasteiger charge is -2.28. The lowest BCUT2D eigenvalue weighted by Crippen LogP contribution is -2.29. The zero-order valence-corrected chi connectivity index (χ0v) is 18.7. The molecule has 2 aromatic carbocycles. The van der Waals surface area contributed by atoms with Crippen LogP contribution in [0.3, 0.4) is 0 Å². The van der Waals surface area contributed by atoms with E-state index in [-0.39, 0.29) is 17.7 Å². The van der Waals surface area contributed by atoms with Crippen molar-refractivity contribution in [2.75, 3.05) is 26.9 Å². The molecule has 0 aromatic heterocycles. The lowest BCUT2D eigenvalue weighted by atomic mass is 9.97. The van der Waals surface area contributed by atoms with Crippen molar-refractivity contribution < 1.29 is 23.7 Å². The topological polar surface area (TPSA) is 54.0 Å². The van der Waals surface area contributed by atoms with Gasteiger partial charge in [-0.1, -0.05) is 28.1 Å². The third-order valence-electron chi connectivity index (χ3n) is 4.92. The van der Waals surface area contributed by atoms with Crippen molar-refractivity contribution in [3.8, 4) is 5.75 Å². The Labute approximate surface area is 180 Å². The van der Waals surface area contributed by atoms with Crippen molar-refractivity contribution in [3.63, 3.8) is 0 Å². The van der Waals surface area contributed by atoms with Crippen molar-refractivity contribution in [1.82, 2.24) is 0 Å². The van der Waals surface area contributed by atoms with Crippen LogP contribution in [-0.4, -0.2) is 38.5 Å². The van der Waals surface area contributed by atoms with E-state index in [1.54, 1.807) is 12.1 Å². The fourth-order valence-corrected chi connectivity index (χ4v) is 3.74. The van der Waals surface area contributed by atoms with Crippen LogP contribution in [0.5, 0.6) is 5.75 Å². The van der Waals surface area contributed by atoms with Gasteiger partial charge in [-0.05, 0) is 62.6 Å². The van der Waals surface area contributed by atoms with Crippen LogP contribution in [0.15, 0.2) is 46.9 Å². The molecule has 0 saturated carbocycles. The molecule has 0 radical (unpaired) electrons. The quantitative estimate of drug-likeness (QED) is 0.534. The van der Waals surface area contributed by atoms with Crippen LogP contribution in [0.4, 0.5) is 0 Å². The Morgan fingerprint density at radius 3 is 2.59 bits per heavy atom. The van der Waals surface area contributed by atoms with Crippen LogP contribution in [0.1, 0.15) is 47.9 Å². The van der Waals surface area contributed by atoms with Gasteiger partial charge in [0, 0.05) is 10.0 Å². The van der Waals surface area contributed by atoms with Crippen LogP contribution in [0.25, 0.3) is 0 Å². The number of ether oxygens (including phenoxy) is 4. The molecule has 1 aliphatic rings.